The van der Waals surface area contributed by atoms with Crippen molar-refractivity contribution >= 4 is 16.9 Å². The van der Waals surface area contributed by atoms with Crippen LogP contribution in [0.2, 0.25) is 0 Å². The molecule has 4 aromatic rings. The molecule has 1 aromatic heterocycles. The second-order valence-corrected chi connectivity index (χ2v) is 8.83. The van der Waals surface area contributed by atoms with E-state index in [1.165, 1.54) is 13.4 Å². The summed E-state index contributed by atoms with van der Waals surface area (Å²) in [5.41, 5.74) is 2.73. The minimum atomic E-state index is -0.491. The van der Waals surface area contributed by atoms with E-state index in [2.05, 4.69) is 0 Å². The number of benzene rings is 3. The molecular formula is C30H30O7. The lowest BCUT2D eigenvalue weighted by atomic mass is 9.86. The Bertz CT molecular complexity index is 1430. The maximum absolute atomic E-state index is 13.6. The molecule has 1 heterocycles. The molecule has 0 saturated heterocycles. The van der Waals surface area contributed by atoms with Gasteiger partial charge in [0.1, 0.15) is 29.1 Å². The monoisotopic (exact) mass is 502 g/mol. The largest absolute Gasteiger partial charge is 0.497 e. The van der Waals surface area contributed by atoms with Crippen molar-refractivity contribution in [2.75, 3.05) is 21.3 Å². The highest BCUT2D eigenvalue weighted by Gasteiger charge is 2.27. The highest BCUT2D eigenvalue weighted by molar-refractivity contribution is 5.87. The second kappa shape index (κ2) is 11.2. The molecule has 0 amide bonds. The fourth-order valence-corrected chi connectivity index (χ4v) is 4.37. The lowest BCUT2D eigenvalue weighted by Gasteiger charge is -2.21. The summed E-state index contributed by atoms with van der Waals surface area (Å²) in [5.74, 6) is 1.02. The minimum Gasteiger partial charge on any atom is -0.497 e. The zero-order valence-corrected chi connectivity index (χ0v) is 21.6. The van der Waals surface area contributed by atoms with Crippen molar-refractivity contribution in [3.05, 3.63) is 88.3 Å². The van der Waals surface area contributed by atoms with Crippen LogP contribution in [0.15, 0.2) is 76.1 Å². The van der Waals surface area contributed by atoms with Gasteiger partial charge in [0.25, 0.3) is 0 Å². The number of ether oxygens (including phenoxy) is 4. The van der Waals surface area contributed by atoms with Crippen LogP contribution >= 0.6 is 0 Å². The molecule has 0 aliphatic carbocycles. The number of hydrogen-bond acceptors (Lipinski definition) is 7. The molecular weight excluding hydrogens is 472 g/mol. The van der Waals surface area contributed by atoms with Crippen molar-refractivity contribution in [1.29, 1.82) is 0 Å². The fourth-order valence-electron chi connectivity index (χ4n) is 4.37. The fraction of sp³-hybridized carbons (Fsp3) is 0.267. The van der Waals surface area contributed by atoms with Gasteiger partial charge in [-0.2, -0.15) is 0 Å². The van der Waals surface area contributed by atoms with Gasteiger partial charge < -0.3 is 23.4 Å². The molecule has 0 radical (unpaired) electrons. The van der Waals surface area contributed by atoms with Gasteiger partial charge in [-0.05, 0) is 61.4 Å². The minimum absolute atomic E-state index is 0.0281. The van der Waals surface area contributed by atoms with Gasteiger partial charge in [0.15, 0.2) is 0 Å². The number of fused-ring (bicyclic) bond motifs is 1. The quantitative estimate of drug-likeness (QED) is 0.261. The Labute approximate surface area is 215 Å². The van der Waals surface area contributed by atoms with Crippen molar-refractivity contribution < 1.29 is 28.2 Å². The molecule has 0 fully saturated rings. The number of carbonyl (C=O) groups excluding carboxylic acids is 1. The number of methoxy groups -OCH3 is 3. The van der Waals surface area contributed by atoms with E-state index in [-0.39, 0.29) is 18.0 Å². The summed E-state index contributed by atoms with van der Waals surface area (Å²) in [6, 6.07) is 18.1. The summed E-state index contributed by atoms with van der Waals surface area (Å²) in [7, 11) is 4.48. The van der Waals surface area contributed by atoms with Crippen LogP contribution in [0, 0.1) is 0 Å². The number of esters is 1. The third-order valence-electron chi connectivity index (χ3n) is 6.16. The van der Waals surface area contributed by atoms with Gasteiger partial charge in [0, 0.05) is 11.5 Å². The van der Waals surface area contributed by atoms with Gasteiger partial charge in [-0.3, -0.25) is 9.59 Å². The first-order chi connectivity index (χ1) is 17.9. The highest BCUT2D eigenvalue weighted by Crippen LogP contribution is 2.40. The van der Waals surface area contributed by atoms with Crippen molar-refractivity contribution in [2.45, 2.75) is 32.3 Å². The maximum Gasteiger partial charge on any atom is 0.306 e. The van der Waals surface area contributed by atoms with Crippen LogP contribution in [-0.2, 0) is 9.53 Å². The van der Waals surface area contributed by atoms with Crippen molar-refractivity contribution in [3.63, 3.8) is 0 Å². The molecule has 0 bridgehead atoms. The highest BCUT2D eigenvalue weighted by atomic mass is 16.5. The number of carbonyl (C=O) groups is 1. The van der Waals surface area contributed by atoms with Crippen LogP contribution in [0.3, 0.4) is 0 Å². The Morgan fingerprint density at radius 1 is 0.865 bits per heavy atom. The molecule has 7 nitrogen and oxygen atoms in total. The third-order valence-corrected chi connectivity index (χ3v) is 6.16. The summed E-state index contributed by atoms with van der Waals surface area (Å²) in [6.07, 6.45) is 1.51. The zero-order valence-electron chi connectivity index (χ0n) is 21.6. The van der Waals surface area contributed by atoms with Crippen molar-refractivity contribution in [1.82, 2.24) is 0 Å². The molecule has 3 aromatic carbocycles. The molecule has 1 atom stereocenters. The molecule has 0 spiro atoms. The Morgan fingerprint density at radius 3 is 2.14 bits per heavy atom. The summed E-state index contributed by atoms with van der Waals surface area (Å²) >= 11 is 0. The van der Waals surface area contributed by atoms with E-state index in [1.54, 1.807) is 38.5 Å². The van der Waals surface area contributed by atoms with Crippen molar-refractivity contribution in [3.8, 4) is 28.4 Å². The lowest BCUT2D eigenvalue weighted by molar-refractivity contribution is -0.140. The Hall–Kier alpha value is -4.26. The summed E-state index contributed by atoms with van der Waals surface area (Å²) in [5, 5.41) is 0.388. The average molecular weight is 503 g/mol. The molecule has 0 unspecified atom stereocenters. The van der Waals surface area contributed by atoms with Gasteiger partial charge in [-0.25, -0.2) is 0 Å². The summed E-state index contributed by atoms with van der Waals surface area (Å²) in [4.78, 5) is 26.1. The van der Waals surface area contributed by atoms with Gasteiger partial charge in [0.05, 0.1) is 44.8 Å². The van der Waals surface area contributed by atoms with Gasteiger partial charge >= 0.3 is 5.97 Å². The first-order valence-electron chi connectivity index (χ1n) is 12.0. The summed E-state index contributed by atoms with van der Waals surface area (Å²) < 4.78 is 27.8. The standard InChI is InChI=1S/C30H30O7/c1-18(2)37-22-12-8-19(9-13-22)24(16-27(31)35-5)28-26(34-4)15-14-23-29(32)25(17-36-30(23)28)20-6-10-21(33-3)11-7-20/h6-15,17-18,24H,16H2,1-5H3/t24-/m1/s1. The van der Waals surface area contributed by atoms with Gasteiger partial charge in [-0.15, -0.1) is 0 Å². The Balaban J connectivity index is 1.88. The van der Waals surface area contributed by atoms with E-state index in [0.717, 1.165) is 11.3 Å². The molecule has 0 N–H and O–H groups in total. The van der Waals surface area contributed by atoms with E-state index in [9.17, 15) is 9.59 Å². The second-order valence-electron chi connectivity index (χ2n) is 8.83. The first-order valence-corrected chi connectivity index (χ1v) is 12.0. The Morgan fingerprint density at radius 2 is 1.54 bits per heavy atom. The average Bonchev–Trinajstić information content (AvgIpc) is 2.91. The molecule has 0 aliphatic heterocycles. The predicted molar refractivity (Wildman–Crippen MR) is 142 cm³/mol. The van der Waals surface area contributed by atoms with E-state index in [1.807, 2.05) is 50.2 Å². The van der Waals surface area contributed by atoms with E-state index in [4.69, 9.17) is 23.4 Å². The number of rotatable bonds is 9. The van der Waals surface area contributed by atoms with Crippen LogP contribution in [0.5, 0.6) is 17.2 Å². The smallest absolute Gasteiger partial charge is 0.306 e. The van der Waals surface area contributed by atoms with E-state index >= 15 is 0 Å². The molecule has 37 heavy (non-hydrogen) atoms. The van der Waals surface area contributed by atoms with E-state index < -0.39 is 11.9 Å². The van der Waals surface area contributed by atoms with Crippen LogP contribution < -0.4 is 19.6 Å². The van der Waals surface area contributed by atoms with Crippen LogP contribution in [-0.4, -0.2) is 33.4 Å². The predicted octanol–water partition coefficient (Wildman–Crippen LogP) is 5.96. The molecule has 0 aliphatic rings. The summed E-state index contributed by atoms with van der Waals surface area (Å²) in [6.45, 7) is 3.91. The SMILES string of the molecule is COC(=O)C[C@H](c1ccc(OC(C)C)cc1)c1c(OC)ccc2c(=O)c(-c3ccc(OC)cc3)coc12. The van der Waals surface area contributed by atoms with Crippen molar-refractivity contribution in [2.24, 2.45) is 0 Å². The van der Waals surface area contributed by atoms with Crippen LogP contribution in [0.4, 0.5) is 0 Å². The molecule has 7 heteroatoms. The van der Waals surface area contributed by atoms with E-state index in [0.29, 0.717) is 39.2 Å². The maximum atomic E-state index is 13.6. The van der Waals surface area contributed by atoms with Gasteiger partial charge in [-0.1, -0.05) is 24.3 Å². The Kier molecular flexibility index (Phi) is 7.82. The van der Waals surface area contributed by atoms with Crippen LogP contribution in [0.25, 0.3) is 22.1 Å². The molecule has 0 saturated carbocycles. The third kappa shape index (κ3) is 5.45. The topological polar surface area (TPSA) is 84.2 Å². The molecule has 4 rings (SSSR count). The normalized spacial score (nSPS) is 11.8. The molecule has 192 valence electrons. The van der Waals surface area contributed by atoms with Crippen LogP contribution in [0.1, 0.15) is 37.3 Å². The van der Waals surface area contributed by atoms with Gasteiger partial charge in [0.2, 0.25) is 5.43 Å². The number of hydrogen-bond donors (Lipinski definition) is 0. The lowest BCUT2D eigenvalue weighted by Crippen LogP contribution is -2.13. The zero-order chi connectivity index (χ0) is 26.5. The first kappa shape index (κ1) is 25.8.